The van der Waals surface area contributed by atoms with Crippen LogP contribution in [0, 0.1) is 0 Å². The fourth-order valence-electron chi connectivity index (χ4n) is 2.46. The number of amides is 2. The van der Waals surface area contributed by atoms with Crippen LogP contribution in [0.3, 0.4) is 0 Å². The lowest BCUT2D eigenvalue weighted by Crippen LogP contribution is -2.56. The second-order valence-corrected chi connectivity index (χ2v) is 6.56. The molecule has 0 saturated carbocycles. The largest absolute Gasteiger partial charge is 0.466 e. The van der Waals surface area contributed by atoms with Crippen LogP contribution in [0.25, 0.3) is 10.2 Å². The number of ether oxygens (including phenoxy) is 1. The fourth-order valence-corrected chi connectivity index (χ4v) is 3.32. The number of thiazole rings is 1. The number of anilines is 2. The molecule has 6 nitrogen and oxygen atoms in total. The normalized spacial score (nSPS) is 19.3. The molecule has 2 heterocycles. The van der Waals surface area contributed by atoms with E-state index in [0.29, 0.717) is 16.6 Å². The van der Waals surface area contributed by atoms with Crippen LogP contribution in [0.5, 0.6) is 5.75 Å². The smallest absolute Gasteiger partial charge is 0.280 e. The Morgan fingerprint density at radius 1 is 1.21 bits per heavy atom. The summed E-state index contributed by atoms with van der Waals surface area (Å²) in [7, 11) is 0. The van der Waals surface area contributed by atoms with Crippen molar-refractivity contribution in [3.8, 4) is 5.75 Å². The van der Waals surface area contributed by atoms with Gasteiger partial charge in [-0.05, 0) is 31.2 Å². The third kappa shape index (κ3) is 2.30. The van der Waals surface area contributed by atoms with Crippen molar-refractivity contribution in [3.63, 3.8) is 0 Å². The summed E-state index contributed by atoms with van der Waals surface area (Å²) in [4.78, 5) is 29.4. The van der Waals surface area contributed by atoms with Gasteiger partial charge in [0.2, 0.25) is 0 Å². The van der Waals surface area contributed by atoms with Gasteiger partial charge in [-0.1, -0.05) is 35.6 Å². The second kappa shape index (κ2) is 5.31. The number of para-hydroxylation sites is 3. The minimum atomic E-state index is -1.66. The highest BCUT2D eigenvalue weighted by atomic mass is 32.1. The number of carbonyl (C=O) groups is 2. The van der Waals surface area contributed by atoms with Gasteiger partial charge in [0.1, 0.15) is 5.75 Å². The number of benzene rings is 2. The summed E-state index contributed by atoms with van der Waals surface area (Å²) in [6, 6.07) is 14.6. The monoisotopic (exact) mass is 339 g/mol. The Labute approximate surface area is 141 Å². The lowest BCUT2D eigenvalue weighted by molar-refractivity contribution is -0.143. The van der Waals surface area contributed by atoms with Crippen molar-refractivity contribution in [2.24, 2.45) is 0 Å². The molecule has 1 aliphatic heterocycles. The van der Waals surface area contributed by atoms with Crippen molar-refractivity contribution in [2.45, 2.75) is 12.5 Å². The van der Waals surface area contributed by atoms with E-state index in [-0.39, 0.29) is 0 Å². The molecule has 2 N–H and O–H groups in total. The van der Waals surface area contributed by atoms with Gasteiger partial charge in [-0.25, -0.2) is 4.98 Å². The summed E-state index contributed by atoms with van der Waals surface area (Å²) in [5.41, 5.74) is -0.318. The summed E-state index contributed by atoms with van der Waals surface area (Å²) in [6.45, 7) is 1.45. The van der Waals surface area contributed by atoms with E-state index < -0.39 is 17.4 Å². The van der Waals surface area contributed by atoms with Gasteiger partial charge in [0.05, 0.1) is 15.9 Å². The number of hydrogen-bond donors (Lipinski definition) is 2. The van der Waals surface area contributed by atoms with Gasteiger partial charge in [0, 0.05) is 0 Å². The molecule has 0 radical (unpaired) electrons. The first-order valence-corrected chi connectivity index (χ1v) is 8.14. The molecule has 3 aromatic rings. The Morgan fingerprint density at radius 2 is 1.96 bits per heavy atom. The number of aromatic nitrogens is 1. The van der Waals surface area contributed by atoms with Crippen LogP contribution in [0.1, 0.15) is 6.92 Å². The molecule has 24 heavy (non-hydrogen) atoms. The summed E-state index contributed by atoms with van der Waals surface area (Å²) < 4.78 is 6.65. The molecular formula is C17H13N3O3S. The third-order valence-corrected chi connectivity index (χ3v) is 4.78. The van der Waals surface area contributed by atoms with E-state index in [2.05, 4.69) is 15.6 Å². The number of nitrogens with one attached hydrogen (secondary N) is 2. The van der Waals surface area contributed by atoms with E-state index in [1.165, 1.54) is 18.3 Å². The fraction of sp³-hybridized carbons (Fsp3) is 0.118. The topological polar surface area (TPSA) is 80.3 Å². The number of rotatable bonds is 2. The van der Waals surface area contributed by atoms with Gasteiger partial charge in [-0.2, -0.15) is 0 Å². The first kappa shape index (κ1) is 14.6. The highest BCUT2D eigenvalue weighted by Gasteiger charge is 2.47. The SMILES string of the molecule is CC1(C(=O)Nc2nc3ccccc3s2)Oc2ccccc2NC1=O. The molecule has 0 fully saturated rings. The Kier molecular flexibility index (Phi) is 3.24. The predicted octanol–water partition coefficient (Wildman–Crippen LogP) is 3.02. The molecule has 7 heteroatoms. The number of carbonyl (C=O) groups excluding carboxylic acids is 2. The van der Waals surface area contributed by atoms with Crippen molar-refractivity contribution in [1.82, 2.24) is 4.98 Å². The van der Waals surface area contributed by atoms with Gasteiger partial charge in [0.15, 0.2) is 5.13 Å². The molecular weight excluding hydrogens is 326 g/mol. The van der Waals surface area contributed by atoms with Gasteiger partial charge < -0.3 is 10.1 Å². The van der Waals surface area contributed by atoms with Crippen LogP contribution in [0.2, 0.25) is 0 Å². The lowest BCUT2D eigenvalue weighted by Gasteiger charge is -2.32. The van der Waals surface area contributed by atoms with Gasteiger partial charge >= 0.3 is 0 Å². The Morgan fingerprint density at radius 3 is 2.79 bits per heavy atom. The van der Waals surface area contributed by atoms with Crippen LogP contribution < -0.4 is 15.4 Å². The predicted molar refractivity (Wildman–Crippen MR) is 92.4 cm³/mol. The Bertz CT molecular complexity index is 935. The zero-order valence-corrected chi connectivity index (χ0v) is 13.5. The van der Waals surface area contributed by atoms with Crippen LogP contribution in [-0.4, -0.2) is 22.4 Å². The molecule has 0 aliphatic carbocycles. The quantitative estimate of drug-likeness (QED) is 0.703. The molecule has 1 unspecified atom stereocenters. The maximum Gasteiger partial charge on any atom is 0.280 e. The maximum atomic E-state index is 12.7. The van der Waals surface area contributed by atoms with E-state index in [9.17, 15) is 9.59 Å². The zero-order valence-electron chi connectivity index (χ0n) is 12.7. The lowest BCUT2D eigenvalue weighted by atomic mass is 10.0. The van der Waals surface area contributed by atoms with Gasteiger partial charge in [-0.15, -0.1) is 0 Å². The van der Waals surface area contributed by atoms with Gasteiger partial charge in [0.25, 0.3) is 17.4 Å². The average Bonchev–Trinajstić information content (AvgIpc) is 2.98. The molecule has 120 valence electrons. The van der Waals surface area contributed by atoms with Crippen LogP contribution in [0.4, 0.5) is 10.8 Å². The zero-order chi connectivity index (χ0) is 16.7. The summed E-state index contributed by atoms with van der Waals surface area (Å²) in [6.07, 6.45) is 0. The average molecular weight is 339 g/mol. The highest BCUT2D eigenvalue weighted by Crippen LogP contribution is 2.34. The summed E-state index contributed by atoms with van der Waals surface area (Å²) in [5.74, 6) is -0.618. The van der Waals surface area contributed by atoms with Crippen LogP contribution in [0.15, 0.2) is 48.5 Å². The van der Waals surface area contributed by atoms with Crippen molar-refractivity contribution in [1.29, 1.82) is 0 Å². The van der Waals surface area contributed by atoms with Gasteiger partial charge in [-0.3, -0.25) is 14.9 Å². The molecule has 0 bridgehead atoms. The van der Waals surface area contributed by atoms with Crippen LogP contribution >= 0.6 is 11.3 Å². The molecule has 0 spiro atoms. The standard InChI is InChI=1S/C17H13N3O3S/c1-17(14(21)18-10-6-2-4-8-12(10)23-17)15(22)20-16-19-11-7-3-5-9-13(11)24-16/h2-9H,1H3,(H,18,21)(H,19,20,22). The molecule has 0 saturated heterocycles. The first-order valence-electron chi connectivity index (χ1n) is 7.33. The first-order chi connectivity index (χ1) is 11.6. The van der Waals surface area contributed by atoms with E-state index >= 15 is 0 Å². The second-order valence-electron chi connectivity index (χ2n) is 5.53. The molecule has 1 aromatic heterocycles. The van der Waals surface area contributed by atoms with E-state index in [1.54, 1.807) is 24.3 Å². The Hall–Kier alpha value is -2.93. The van der Waals surface area contributed by atoms with Crippen molar-refractivity contribution >= 4 is 44.2 Å². The molecule has 2 aromatic carbocycles. The summed E-state index contributed by atoms with van der Waals surface area (Å²) in [5, 5.41) is 5.82. The maximum absolute atomic E-state index is 12.7. The Balaban J connectivity index is 1.62. The molecule has 1 aliphatic rings. The minimum absolute atomic E-state index is 0.428. The van der Waals surface area contributed by atoms with E-state index in [1.807, 2.05) is 24.3 Å². The molecule has 2 amide bonds. The highest BCUT2D eigenvalue weighted by molar-refractivity contribution is 7.22. The third-order valence-electron chi connectivity index (χ3n) is 3.83. The number of nitrogens with zero attached hydrogens (tertiary/aromatic N) is 1. The molecule has 4 rings (SSSR count). The van der Waals surface area contributed by atoms with Crippen molar-refractivity contribution < 1.29 is 14.3 Å². The number of fused-ring (bicyclic) bond motifs is 2. The summed E-state index contributed by atoms with van der Waals surface area (Å²) >= 11 is 1.34. The minimum Gasteiger partial charge on any atom is -0.466 e. The van der Waals surface area contributed by atoms with Crippen LogP contribution in [-0.2, 0) is 9.59 Å². The van der Waals surface area contributed by atoms with Crippen molar-refractivity contribution in [3.05, 3.63) is 48.5 Å². The molecule has 1 atom stereocenters. The number of hydrogen-bond acceptors (Lipinski definition) is 5. The van der Waals surface area contributed by atoms with E-state index in [4.69, 9.17) is 4.74 Å². The van der Waals surface area contributed by atoms with Crippen molar-refractivity contribution in [2.75, 3.05) is 10.6 Å². The van der Waals surface area contributed by atoms with E-state index in [0.717, 1.165) is 10.2 Å².